The van der Waals surface area contributed by atoms with Gasteiger partial charge in [0.2, 0.25) is 5.79 Å². The summed E-state index contributed by atoms with van der Waals surface area (Å²) in [7, 11) is 0. The van der Waals surface area contributed by atoms with E-state index in [0.29, 0.717) is 6.42 Å². The van der Waals surface area contributed by atoms with E-state index in [1.54, 1.807) is 0 Å². The molecule has 0 aliphatic rings. The molecule has 0 spiro atoms. The predicted molar refractivity (Wildman–Crippen MR) is 88.5 cm³/mol. The molecule has 0 rings (SSSR count). The normalized spacial score (nSPS) is 12.7. The largest absolute Gasteiger partial charge is 1.00 e. The standard InChI is InChI=1S/C18H36O5.K/c1-2-3-4-5-6-7-8-9-10-11-12-13-14-15-16(19)18(22,23)17(20)21;/h16,19,22-23H,2-15H2,1H3,(H,20,21);/q;+1/p-1. The summed E-state index contributed by atoms with van der Waals surface area (Å²) < 4.78 is 0. The number of aliphatic hydroxyl groups excluding tert-OH is 1. The van der Waals surface area contributed by atoms with Crippen molar-refractivity contribution in [3.63, 3.8) is 0 Å². The van der Waals surface area contributed by atoms with Gasteiger partial charge < -0.3 is 25.2 Å². The van der Waals surface area contributed by atoms with Crippen molar-refractivity contribution in [2.75, 3.05) is 0 Å². The zero-order chi connectivity index (χ0) is 17.6. The molecule has 0 heterocycles. The molecular formula is C18H35KO5. The SMILES string of the molecule is CCCCCCCCCCCCCCCC(O)C(O)(O)C(=O)[O-].[K+]. The van der Waals surface area contributed by atoms with Gasteiger partial charge in [0.15, 0.2) is 0 Å². The van der Waals surface area contributed by atoms with Gasteiger partial charge in [-0.2, -0.15) is 0 Å². The average molecular weight is 371 g/mol. The Morgan fingerprint density at radius 2 is 1.17 bits per heavy atom. The summed E-state index contributed by atoms with van der Waals surface area (Å²) in [6.45, 7) is 2.23. The molecule has 0 saturated carbocycles. The van der Waals surface area contributed by atoms with Gasteiger partial charge in [-0.05, 0) is 6.42 Å². The van der Waals surface area contributed by atoms with E-state index in [-0.39, 0.29) is 57.8 Å². The Morgan fingerprint density at radius 1 is 0.833 bits per heavy atom. The minimum Gasteiger partial charge on any atom is -0.544 e. The van der Waals surface area contributed by atoms with Crippen molar-refractivity contribution >= 4 is 5.97 Å². The van der Waals surface area contributed by atoms with E-state index >= 15 is 0 Å². The number of hydrogen-bond donors (Lipinski definition) is 3. The average Bonchev–Trinajstić information content (AvgIpc) is 2.51. The number of unbranched alkanes of at least 4 members (excludes halogenated alkanes) is 12. The third-order valence-electron chi connectivity index (χ3n) is 4.35. The third kappa shape index (κ3) is 14.2. The van der Waals surface area contributed by atoms with Crippen LogP contribution in [0.5, 0.6) is 0 Å². The molecule has 0 fully saturated rings. The second-order valence-electron chi connectivity index (χ2n) is 6.56. The number of carbonyl (C=O) groups is 1. The van der Waals surface area contributed by atoms with Crippen LogP contribution >= 0.6 is 0 Å². The first kappa shape index (κ1) is 27.2. The zero-order valence-electron chi connectivity index (χ0n) is 15.6. The molecule has 0 aliphatic heterocycles. The fourth-order valence-corrected chi connectivity index (χ4v) is 2.69. The summed E-state index contributed by atoms with van der Waals surface area (Å²) in [6, 6.07) is 0. The first-order valence-corrected chi connectivity index (χ1v) is 9.27. The van der Waals surface area contributed by atoms with Gasteiger partial charge in [0, 0.05) is 0 Å². The molecule has 0 aromatic heterocycles. The van der Waals surface area contributed by atoms with Crippen LogP contribution in [0.15, 0.2) is 0 Å². The number of hydrogen-bond acceptors (Lipinski definition) is 5. The zero-order valence-corrected chi connectivity index (χ0v) is 18.8. The molecule has 0 aliphatic carbocycles. The van der Waals surface area contributed by atoms with E-state index in [9.17, 15) is 15.0 Å². The van der Waals surface area contributed by atoms with Crippen LogP contribution in [0.25, 0.3) is 0 Å². The van der Waals surface area contributed by atoms with Crippen LogP contribution in [0.1, 0.15) is 96.8 Å². The summed E-state index contributed by atoms with van der Waals surface area (Å²) >= 11 is 0. The Labute approximate surface area is 189 Å². The van der Waals surface area contributed by atoms with Gasteiger partial charge in [0.05, 0.1) is 0 Å². The Morgan fingerprint density at radius 3 is 1.50 bits per heavy atom. The topological polar surface area (TPSA) is 101 Å². The summed E-state index contributed by atoms with van der Waals surface area (Å²) in [4.78, 5) is 10.4. The van der Waals surface area contributed by atoms with E-state index in [4.69, 9.17) is 10.2 Å². The van der Waals surface area contributed by atoms with Crippen molar-refractivity contribution in [1.82, 2.24) is 0 Å². The van der Waals surface area contributed by atoms with E-state index in [2.05, 4.69) is 6.92 Å². The van der Waals surface area contributed by atoms with Crippen molar-refractivity contribution in [2.45, 2.75) is 109 Å². The van der Waals surface area contributed by atoms with Crippen molar-refractivity contribution in [1.29, 1.82) is 0 Å². The molecule has 24 heavy (non-hydrogen) atoms. The fourth-order valence-electron chi connectivity index (χ4n) is 2.69. The van der Waals surface area contributed by atoms with Gasteiger partial charge in [-0.1, -0.05) is 90.4 Å². The molecule has 5 nitrogen and oxygen atoms in total. The number of aliphatic hydroxyl groups is 3. The third-order valence-corrected chi connectivity index (χ3v) is 4.35. The van der Waals surface area contributed by atoms with Crippen molar-refractivity contribution < 1.29 is 76.6 Å². The van der Waals surface area contributed by atoms with Crippen LogP contribution in [0.4, 0.5) is 0 Å². The van der Waals surface area contributed by atoms with Gasteiger partial charge in [0.25, 0.3) is 0 Å². The quantitative estimate of drug-likeness (QED) is 0.189. The molecule has 0 aromatic carbocycles. The molecule has 0 amide bonds. The molecule has 0 saturated heterocycles. The maximum atomic E-state index is 10.4. The second-order valence-corrected chi connectivity index (χ2v) is 6.56. The fraction of sp³-hybridized carbons (Fsp3) is 0.944. The summed E-state index contributed by atoms with van der Waals surface area (Å²) in [5.41, 5.74) is 0. The molecule has 0 bridgehead atoms. The molecule has 3 N–H and O–H groups in total. The molecule has 138 valence electrons. The summed E-state index contributed by atoms with van der Waals surface area (Å²) in [5, 5.41) is 38.0. The van der Waals surface area contributed by atoms with Crippen LogP contribution in [0.3, 0.4) is 0 Å². The van der Waals surface area contributed by atoms with Crippen LogP contribution in [-0.4, -0.2) is 33.2 Å². The van der Waals surface area contributed by atoms with E-state index in [1.165, 1.54) is 57.8 Å². The van der Waals surface area contributed by atoms with Gasteiger partial charge in [0.1, 0.15) is 12.1 Å². The maximum Gasteiger partial charge on any atom is 1.00 e. The van der Waals surface area contributed by atoms with E-state index < -0.39 is 17.9 Å². The summed E-state index contributed by atoms with van der Waals surface area (Å²) in [6.07, 6.45) is 13.8. The molecule has 0 aromatic rings. The Hall–Kier alpha value is 0.986. The number of carbonyl (C=O) groups excluding carboxylic acids is 1. The monoisotopic (exact) mass is 370 g/mol. The van der Waals surface area contributed by atoms with Crippen molar-refractivity contribution in [3.8, 4) is 0 Å². The van der Waals surface area contributed by atoms with E-state index in [1.807, 2.05) is 0 Å². The van der Waals surface area contributed by atoms with Crippen molar-refractivity contribution in [3.05, 3.63) is 0 Å². The smallest absolute Gasteiger partial charge is 0.544 e. The Balaban J connectivity index is 0. The van der Waals surface area contributed by atoms with Gasteiger partial charge in [-0.15, -0.1) is 0 Å². The molecule has 1 atom stereocenters. The summed E-state index contributed by atoms with van der Waals surface area (Å²) in [5.74, 6) is -5.20. The van der Waals surface area contributed by atoms with Gasteiger partial charge >= 0.3 is 51.4 Å². The maximum absolute atomic E-state index is 10.4. The first-order chi connectivity index (χ1) is 10.9. The van der Waals surface area contributed by atoms with Crippen LogP contribution < -0.4 is 56.5 Å². The van der Waals surface area contributed by atoms with E-state index in [0.717, 1.165) is 19.3 Å². The number of aliphatic carboxylic acids is 1. The molecule has 0 radical (unpaired) electrons. The number of carboxylic acids is 1. The molecular weight excluding hydrogens is 335 g/mol. The minimum atomic E-state index is -3.14. The van der Waals surface area contributed by atoms with Crippen molar-refractivity contribution in [2.24, 2.45) is 0 Å². The van der Waals surface area contributed by atoms with Gasteiger partial charge in [-0.3, -0.25) is 0 Å². The second kappa shape index (κ2) is 17.4. The van der Waals surface area contributed by atoms with Gasteiger partial charge in [-0.25, -0.2) is 0 Å². The predicted octanol–water partition coefficient (Wildman–Crippen LogP) is -0.737. The number of carboxylic acid groups (broad SMARTS) is 1. The Bertz CT molecular complexity index is 297. The first-order valence-electron chi connectivity index (χ1n) is 9.27. The van der Waals surface area contributed by atoms with Crippen LogP contribution in [0, 0.1) is 0 Å². The molecule has 1 unspecified atom stereocenters. The van der Waals surface area contributed by atoms with Crippen LogP contribution in [0.2, 0.25) is 0 Å². The minimum absolute atomic E-state index is 0. The van der Waals surface area contributed by atoms with Crippen LogP contribution in [-0.2, 0) is 4.79 Å². The Kier molecular flexibility index (Phi) is 19.7. The number of rotatable bonds is 16. The molecule has 6 heteroatoms.